The number of hydrogen-bond acceptors (Lipinski definition) is 5. The molecule has 2 N–H and O–H groups in total. The number of nitrogens with one attached hydrogen (secondary N) is 2. The highest BCUT2D eigenvalue weighted by molar-refractivity contribution is 7.89. The van der Waals surface area contributed by atoms with Crippen molar-refractivity contribution in [1.82, 2.24) is 24.8 Å². The Kier molecular flexibility index (Phi) is 6.00. The topological polar surface area (TPSA) is 88.9 Å². The van der Waals surface area contributed by atoms with Gasteiger partial charge >= 0.3 is 0 Å². The number of nitrogens with zero attached hydrogens (tertiary/aromatic N) is 3. The number of aromatic nitrogens is 3. The minimum Gasteiger partial charge on any atom is -0.311 e. The summed E-state index contributed by atoms with van der Waals surface area (Å²) in [6.07, 6.45) is 5.43. The lowest BCUT2D eigenvalue weighted by Crippen LogP contribution is -2.31. The minimum atomic E-state index is -3.48. The van der Waals surface area contributed by atoms with Gasteiger partial charge in [0.2, 0.25) is 10.0 Å². The van der Waals surface area contributed by atoms with Gasteiger partial charge in [-0.1, -0.05) is 17.7 Å². The number of pyridine rings is 1. The summed E-state index contributed by atoms with van der Waals surface area (Å²) >= 11 is 0. The van der Waals surface area contributed by atoms with Crippen molar-refractivity contribution in [2.24, 2.45) is 7.05 Å². The first-order valence-corrected chi connectivity index (χ1v) is 10.1. The number of sulfonamides is 1. The summed E-state index contributed by atoms with van der Waals surface area (Å²) in [5, 5.41) is 7.77. The second-order valence-corrected chi connectivity index (χ2v) is 8.07. The van der Waals surface area contributed by atoms with Gasteiger partial charge in [-0.15, -0.1) is 0 Å². The highest BCUT2D eigenvalue weighted by Gasteiger charge is 2.13. The van der Waals surface area contributed by atoms with Gasteiger partial charge in [-0.3, -0.25) is 9.67 Å². The van der Waals surface area contributed by atoms with E-state index in [0.29, 0.717) is 19.6 Å². The van der Waals surface area contributed by atoms with Crippen LogP contribution in [-0.4, -0.2) is 36.3 Å². The van der Waals surface area contributed by atoms with Gasteiger partial charge in [-0.25, -0.2) is 13.1 Å². The van der Waals surface area contributed by atoms with E-state index in [9.17, 15) is 8.42 Å². The van der Waals surface area contributed by atoms with Crippen LogP contribution in [0.4, 0.5) is 0 Å². The van der Waals surface area contributed by atoms with Crippen LogP contribution >= 0.6 is 0 Å². The highest BCUT2D eigenvalue weighted by Crippen LogP contribution is 2.20. The molecule has 0 bridgehead atoms. The molecule has 1 aromatic carbocycles. The molecule has 2 heterocycles. The lowest BCUT2D eigenvalue weighted by molar-refractivity contribution is 0.576. The van der Waals surface area contributed by atoms with Crippen molar-refractivity contribution in [3.8, 4) is 11.3 Å². The lowest BCUT2D eigenvalue weighted by atomic mass is 10.1. The number of aryl methyl sites for hydroxylation is 2. The Bertz CT molecular complexity index is 983. The molecule has 0 unspecified atom stereocenters. The summed E-state index contributed by atoms with van der Waals surface area (Å²) in [6, 6.07) is 10.6. The van der Waals surface area contributed by atoms with Crippen molar-refractivity contribution in [2.45, 2.75) is 18.4 Å². The van der Waals surface area contributed by atoms with E-state index in [2.05, 4.69) is 20.1 Å². The predicted octanol–water partition coefficient (Wildman–Crippen LogP) is 1.86. The molecule has 2 aromatic heterocycles. The summed E-state index contributed by atoms with van der Waals surface area (Å²) in [5.41, 5.74) is 3.97. The maximum atomic E-state index is 12.3. The van der Waals surface area contributed by atoms with Gasteiger partial charge < -0.3 is 5.32 Å². The average molecular weight is 385 g/mol. The van der Waals surface area contributed by atoms with Crippen LogP contribution in [0.2, 0.25) is 0 Å². The van der Waals surface area contributed by atoms with Crippen molar-refractivity contribution < 1.29 is 8.42 Å². The molecule has 7 nitrogen and oxygen atoms in total. The van der Waals surface area contributed by atoms with E-state index in [1.165, 1.54) is 0 Å². The Balaban J connectivity index is 1.53. The van der Waals surface area contributed by atoms with Gasteiger partial charge in [0.1, 0.15) is 0 Å². The predicted molar refractivity (Wildman–Crippen MR) is 105 cm³/mol. The average Bonchev–Trinajstić information content (AvgIpc) is 3.03. The SMILES string of the molecule is Cc1ccc(S(=O)(=O)NCCNCc2cn(C)nc2-c2ccncc2)cc1. The van der Waals surface area contributed by atoms with Crippen LogP contribution in [-0.2, 0) is 23.6 Å². The fraction of sp³-hybridized carbons (Fsp3) is 0.263. The third kappa shape index (κ3) is 5.00. The maximum absolute atomic E-state index is 12.3. The molecule has 0 saturated carbocycles. The van der Waals surface area contributed by atoms with Crippen molar-refractivity contribution in [1.29, 1.82) is 0 Å². The van der Waals surface area contributed by atoms with Gasteiger partial charge in [-0.2, -0.15) is 5.10 Å². The van der Waals surface area contributed by atoms with E-state index in [4.69, 9.17) is 0 Å². The van der Waals surface area contributed by atoms with Crippen molar-refractivity contribution in [3.63, 3.8) is 0 Å². The van der Waals surface area contributed by atoms with E-state index >= 15 is 0 Å². The van der Waals surface area contributed by atoms with E-state index in [1.807, 2.05) is 32.3 Å². The zero-order valence-corrected chi connectivity index (χ0v) is 16.2. The fourth-order valence-corrected chi connectivity index (χ4v) is 3.75. The molecule has 0 saturated heterocycles. The first-order valence-electron chi connectivity index (χ1n) is 8.66. The number of rotatable bonds is 8. The molecule has 0 spiro atoms. The normalized spacial score (nSPS) is 11.6. The van der Waals surface area contributed by atoms with E-state index in [0.717, 1.165) is 22.4 Å². The minimum absolute atomic E-state index is 0.278. The van der Waals surface area contributed by atoms with E-state index in [-0.39, 0.29) is 4.90 Å². The maximum Gasteiger partial charge on any atom is 0.240 e. The summed E-state index contributed by atoms with van der Waals surface area (Å²) in [7, 11) is -1.60. The third-order valence-corrected chi connectivity index (χ3v) is 5.58. The fourth-order valence-electron chi connectivity index (χ4n) is 2.72. The zero-order chi connectivity index (χ0) is 19.3. The monoisotopic (exact) mass is 385 g/mol. The van der Waals surface area contributed by atoms with Crippen molar-refractivity contribution in [2.75, 3.05) is 13.1 Å². The van der Waals surface area contributed by atoms with Gasteiger partial charge in [0.25, 0.3) is 0 Å². The zero-order valence-electron chi connectivity index (χ0n) is 15.4. The van der Waals surface area contributed by atoms with Gasteiger partial charge in [-0.05, 0) is 31.2 Å². The molecule has 3 aromatic rings. The molecule has 142 valence electrons. The van der Waals surface area contributed by atoms with E-state index in [1.54, 1.807) is 41.3 Å². The molecule has 8 heteroatoms. The molecule has 0 fully saturated rings. The van der Waals surface area contributed by atoms with Gasteiger partial charge in [0, 0.05) is 56.4 Å². The molecule has 0 amide bonds. The number of benzene rings is 1. The largest absolute Gasteiger partial charge is 0.311 e. The second kappa shape index (κ2) is 8.43. The Morgan fingerprint density at radius 3 is 2.44 bits per heavy atom. The molecule has 3 rings (SSSR count). The first kappa shape index (κ1) is 19.2. The van der Waals surface area contributed by atoms with Crippen LogP contribution in [0.3, 0.4) is 0 Å². The standard InChI is InChI=1S/C19H23N5O2S/c1-15-3-5-18(6-4-15)27(25,26)22-12-11-21-13-17-14-24(2)23-19(17)16-7-9-20-10-8-16/h3-10,14,21-22H,11-13H2,1-2H3. The van der Waals surface area contributed by atoms with Gasteiger partial charge in [0.15, 0.2) is 0 Å². The summed E-state index contributed by atoms with van der Waals surface area (Å²) in [4.78, 5) is 4.31. The Labute approximate surface area is 159 Å². The number of hydrogen-bond donors (Lipinski definition) is 2. The smallest absolute Gasteiger partial charge is 0.240 e. The van der Waals surface area contributed by atoms with E-state index < -0.39 is 10.0 Å². The summed E-state index contributed by atoms with van der Waals surface area (Å²) < 4.78 is 28.9. The summed E-state index contributed by atoms with van der Waals surface area (Å²) in [5.74, 6) is 0. The molecule has 0 aliphatic rings. The Morgan fingerprint density at radius 1 is 1.04 bits per heavy atom. The molecule has 27 heavy (non-hydrogen) atoms. The second-order valence-electron chi connectivity index (χ2n) is 6.30. The van der Waals surface area contributed by atoms with Crippen LogP contribution in [0.1, 0.15) is 11.1 Å². The molecular weight excluding hydrogens is 362 g/mol. The van der Waals surface area contributed by atoms with Crippen molar-refractivity contribution >= 4 is 10.0 Å². The van der Waals surface area contributed by atoms with Gasteiger partial charge in [0.05, 0.1) is 10.6 Å². The van der Waals surface area contributed by atoms with Crippen LogP contribution in [0, 0.1) is 6.92 Å². The van der Waals surface area contributed by atoms with Crippen molar-refractivity contribution in [3.05, 3.63) is 66.1 Å². The summed E-state index contributed by atoms with van der Waals surface area (Å²) in [6.45, 7) is 3.33. The molecular formula is C19H23N5O2S. The molecule has 0 aliphatic carbocycles. The first-order chi connectivity index (χ1) is 13.0. The van der Waals surface area contributed by atoms with Crippen LogP contribution in [0.5, 0.6) is 0 Å². The Hall–Kier alpha value is -2.55. The lowest BCUT2D eigenvalue weighted by Gasteiger charge is -2.08. The van der Waals surface area contributed by atoms with Crippen LogP contribution in [0.15, 0.2) is 59.9 Å². The van der Waals surface area contributed by atoms with Crippen LogP contribution < -0.4 is 10.0 Å². The molecule has 0 aliphatic heterocycles. The van der Waals surface area contributed by atoms with Crippen LogP contribution in [0.25, 0.3) is 11.3 Å². The third-order valence-electron chi connectivity index (χ3n) is 4.10. The molecule has 0 atom stereocenters. The highest BCUT2D eigenvalue weighted by atomic mass is 32.2. The Morgan fingerprint density at radius 2 is 1.74 bits per heavy atom. The molecule has 0 radical (unpaired) electrons. The quantitative estimate of drug-likeness (QED) is 0.578.